The highest BCUT2D eigenvalue weighted by atomic mass is 35.5. The Balaban J connectivity index is 1.60. The molecule has 10 nitrogen and oxygen atoms in total. The summed E-state index contributed by atoms with van der Waals surface area (Å²) in [6.45, 7) is 3.18. The molecule has 1 aliphatic rings. The van der Waals surface area contributed by atoms with Crippen LogP contribution in [0.4, 0.5) is 5.69 Å². The quantitative estimate of drug-likeness (QED) is 0.176. The second kappa shape index (κ2) is 11.5. The lowest BCUT2D eigenvalue weighted by atomic mass is 10.0. The minimum atomic E-state index is -4.44. The highest BCUT2D eigenvalue weighted by molar-refractivity contribution is 7.86. The van der Waals surface area contributed by atoms with Crippen molar-refractivity contribution in [2.24, 2.45) is 0 Å². The molecule has 1 unspecified atom stereocenters. The van der Waals surface area contributed by atoms with Crippen molar-refractivity contribution in [3.63, 3.8) is 0 Å². The molecule has 0 radical (unpaired) electrons. The molecular formula is C29H28ClN2O8S2+. The van der Waals surface area contributed by atoms with Crippen LogP contribution in [0, 0.1) is 0 Å². The highest BCUT2D eigenvalue weighted by Crippen LogP contribution is 2.42. The molecule has 13 heteroatoms. The second-order valence-corrected chi connectivity index (χ2v) is 13.5. The number of halogens is 1. The van der Waals surface area contributed by atoms with Crippen LogP contribution in [0.5, 0.6) is 5.75 Å². The van der Waals surface area contributed by atoms with Crippen molar-refractivity contribution < 1.29 is 39.7 Å². The molecule has 1 aliphatic heterocycles. The first kappa shape index (κ1) is 29.8. The third-order valence-corrected chi connectivity index (χ3v) is 8.78. The summed E-state index contributed by atoms with van der Waals surface area (Å²) in [5.41, 5.74) is 3.84. The lowest BCUT2D eigenvalue weighted by Crippen LogP contribution is -2.39. The van der Waals surface area contributed by atoms with Gasteiger partial charge < -0.3 is 14.1 Å². The number of aromatic nitrogens is 1. The zero-order chi connectivity index (χ0) is 30.2. The van der Waals surface area contributed by atoms with Gasteiger partial charge in [0.2, 0.25) is 11.5 Å². The highest BCUT2D eigenvalue weighted by Gasteiger charge is 2.32. The molecule has 2 heterocycles. The maximum Gasteiger partial charge on any atom is 0.375 e. The molecule has 1 atom stereocenters. The van der Waals surface area contributed by atoms with Crippen molar-refractivity contribution in [3.05, 3.63) is 95.2 Å². The van der Waals surface area contributed by atoms with E-state index in [4.69, 9.17) is 20.8 Å². The van der Waals surface area contributed by atoms with E-state index < -0.39 is 31.4 Å². The van der Waals surface area contributed by atoms with Crippen LogP contribution in [0.1, 0.15) is 26.2 Å². The summed E-state index contributed by atoms with van der Waals surface area (Å²) in [5, 5.41) is -0.779. The van der Waals surface area contributed by atoms with Crippen LogP contribution < -0.4 is 14.2 Å². The lowest BCUT2D eigenvalue weighted by molar-refractivity contribution is -0.658. The van der Waals surface area contributed by atoms with Gasteiger partial charge >= 0.3 is 16.0 Å². The van der Waals surface area contributed by atoms with E-state index in [2.05, 4.69) is 0 Å². The fourth-order valence-corrected chi connectivity index (χ4v) is 5.70. The number of anilines is 1. The summed E-state index contributed by atoms with van der Waals surface area (Å²) in [6, 6.07) is 20.0. The number of ether oxygens (including phenoxy) is 1. The smallest absolute Gasteiger partial charge is 0.375 e. The van der Waals surface area contributed by atoms with Crippen LogP contribution in [0.25, 0.3) is 28.3 Å². The average molecular weight is 632 g/mol. The van der Waals surface area contributed by atoms with E-state index in [0.717, 1.165) is 11.1 Å². The molecule has 5 rings (SSSR count). The SMILES string of the molecule is CCC(/C=C1\Oc2ccc(-c3ccccc3)cc2N1CC(C)S(=O)(=O)O)=C\c1oc2ccc(Cl)cc2[n+]1CS(=O)(=O)O. The van der Waals surface area contributed by atoms with Crippen LogP contribution in [0.15, 0.2) is 88.7 Å². The summed E-state index contributed by atoms with van der Waals surface area (Å²) in [5.74, 6) is 0.179. The minimum Gasteiger partial charge on any atom is -0.439 e. The maximum atomic E-state index is 12.0. The van der Waals surface area contributed by atoms with Gasteiger partial charge in [-0.25, -0.2) is 0 Å². The molecule has 3 aromatic carbocycles. The van der Waals surface area contributed by atoms with Gasteiger partial charge in [0.25, 0.3) is 21.5 Å². The van der Waals surface area contributed by atoms with Gasteiger partial charge in [0, 0.05) is 23.7 Å². The normalized spacial score (nSPS) is 15.7. The number of benzene rings is 3. The topological polar surface area (TPSA) is 138 Å². The molecule has 2 N–H and O–H groups in total. The van der Waals surface area contributed by atoms with Crippen LogP contribution in [0.3, 0.4) is 0 Å². The van der Waals surface area contributed by atoms with E-state index in [9.17, 15) is 25.9 Å². The molecule has 0 spiro atoms. The van der Waals surface area contributed by atoms with Crippen LogP contribution in [-0.2, 0) is 26.1 Å². The molecule has 0 saturated heterocycles. The molecule has 0 aliphatic carbocycles. The Kier molecular flexibility index (Phi) is 8.19. The number of rotatable bonds is 9. The minimum absolute atomic E-state index is 0.0984. The largest absolute Gasteiger partial charge is 0.439 e. The fraction of sp³-hybridized carbons (Fsp3) is 0.207. The molecule has 4 aromatic rings. The van der Waals surface area contributed by atoms with Gasteiger partial charge in [0.05, 0.1) is 11.8 Å². The Labute approximate surface area is 248 Å². The Morgan fingerprint density at radius 3 is 2.43 bits per heavy atom. The summed E-state index contributed by atoms with van der Waals surface area (Å²) in [7, 11) is -8.79. The second-order valence-electron chi connectivity index (χ2n) is 9.83. The zero-order valence-corrected chi connectivity index (χ0v) is 25.0. The van der Waals surface area contributed by atoms with Crippen molar-refractivity contribution in [2.45, 2.75) is 31.4 Å². The van der Waals surface area contributed by atoms with Crippen molar-refractivity contribution in [2.75, 3.05) is 11.4 Å². The summed E-state index contributed by atoms with van der Waals surface area (Å²) < 4.78 is 80.3. The number of oxazole rings is 1. The predicted octanol–water partition coefficient (Wildman–Crippen LogP) is 5.70. The third-order valence-electron chi connectivity index (χ3n) is 6.80. The molecule has 0 bridgehead atoms. The first-order valence-electron chi connectivity index (χ1n) is 12.9. The Bertz CT molecular complexity index is 1930. The van der Waals surface area contributed by atoms with Crippen LogP contribution in [0.2, 0.25) is 5.02 Å². The van der Waals surface area contributed by atoms with Gasteiger partial charge in [-0.3, -0.25) is 9.11 Å². The first-order valence-corrected chi connectivity index (χ1v) is 16.4. The molecule has 0 saturated carbocycles. The summed E-state index contributed by atoms with van der Waals surface area (Å²) in [6.07, 6.45) is 3.75. The van der Waals surface area contributed by atoms with Gasteiger partial charge in [0.1, 0.15) is 5.25 Å². The molecule has 220 valence electrons. The van der Waals surface area contributed by atoms with Crippen molar-refractivity contribution in [3.8, 4) is 16.9 Å². The molecule has 0 fully saturated rings. The molecule has 1 aromatic heterocycles. The van der Waals surface area contributed by atoms with Gasteiger partial charge in [-0.05, 0) is 54.3 Å². The Morgan fingerprint density at radius 1 is 1.02 bits per heavy atom. The number of allylic oxidation sites excluding steroid dienone is 2. The standard InChI is InChI=1S/C29H27ClN2O8S2/c1-3-20(14-29-32(18-41(33,34)35)25-16-23(30)10-12-27(25)40-29)13-28-31(17-19(2)42(36,37)38)24-15-22(9-11-26(24)39-28)21-7-5-4-6-8-21/h4-16,19H,3,17-18H2,1-2H3,(H-,33,34,35,36,37,38)/p+1. The third kappa shape index (κ3) is 6.53. The van der Waals surface area contributed by atoms with Crippen molar-refractivity contribution in [1.82, 2.24) is 0 Å². The number of nitrogens with zero attached hydrogens (tertiary/aromatic N) is 2. The van der Waals surface area contributed by atoms with E-state index in [0.29, 0.717) is 45.4 Å². The molecular weight excluding hydrogens is 604 g/mol. The lowest BCUT2D eigenvalue weighted by Gasteiger charge is -2.22. The summed E-state index contributed by atoms with van der Waals surface area (Å²) in [4.78, 5) is 1.67. The van der Waals surface area contributed by atoms with E-state index >= 15 is 0 Å². The maximum absolute atomic E-state index is 12.0. The van der Waals surface area contributed by atoms with Crippen molar-refractivity contribution >= 4 is 54.7 Å². The predicted molar refractivity (Wildman–Crippen MR) is 160 cm³/mol. The fourth-order valence-electron chi connectivity index (χ4n) is 4.60. The molecule has 0 amide bonds. The van der Waals surface area contributed by atoms with E-state index in [1.165, 1.54) is 17.6 Å². The molecule has 42 heavy (non-hydrogen) atoms. The van der Waals surface area contributed by atoms with E-state index in [-0.39, 0.29) is 12.4 Å². The summed E-state index contributed by atoms with van der Waals surface area (Å²) >= 11 is 6.13. The van der Waals surface area contributed by atoms with Crippen LogP contribution >= 0.6 is 11.6 Å². The average Bonchev–Trinajstić information content (AvgIpc) is 3.43. The van der Waals surface area contributed by atoms with Crippen LogP contribution in [-0.4, -0.2) is 37.7 Å². The monoisotopic (exact) mass is 631 g/mol. The van der Waals surface area contributed by atoms with Gasteiger partial charge in [-0.2, -0.15) is 16.8 Å². The van der Waals surface area contributed by atoms with E-state index in [1.807, 2.05) is 49.4 Å². The van der Waals surface area contributed by atoms with Crippen molar-refractivity contribution in [1.29, 1.82) is 0 Å². The number of hydrogen-bond donors (Lipinski definition) is 2. The zero-order valence-electron chi connectivity index (χ0n) is 22.6. The van der Waals surface area contributed by atoms with Gasteiger partial charge in [-0.15, -0.1) is 4.57 Å². The first-order chi connectivity index (χ1) is 19.8. The van der Waals surface area contributed by atoms with Gasteiger partial charge in [-0.1, -0.05) is 54.9 Å². The Hall–Kier alpha value is -3.68. The van der Waals surface area contributed by atoms with E-state index in [1.54, 1.807) is 35.3 Å². The Morgan fingerprint density at radius 2 is 1.76 bits per heavy atom. The van der Waals surface area contributed by atoms with Gasteiger partial charge in [0.15, 0.2) is 5.75 Å². The number of fused-ring (bicyclic) bond motifs is 2. The number of hydrogen-bond acceptors (Lipinski definition) is 7.